The van der Waals surface area contributed by atoms with Gasteiger partial charge >= 0.3 is 24.2 Å². The van der Waals surface area contributed by atoms with Gasteiger partial charge in [-0.05, 0) is 12.8 Å². The molecule has 1 rings (SSSR count). The van der Waals surface area contributed by atoms with Gasteiger partial charge in [0.05, 0.1) is 5.92 Å². The van der Waals surface area contributed by atoms with E-state index in [0.717, 1.165) is 0 Å². The summed E-state index contributed by atoms with van der Waals surface area (Å²) in [7, 11) is 0. The molecule has 0 radical (unpaired) electrons. The minimum absolute atomic E-state index is 0.348. The molecule has 2 atom stereocenters. The Kier molecular flexibility index (Phi) is 4.01. The third-order valence-electron chi connectivity index (χ3n) is 2.83. The monoisotopic (exact) mass is 293 g/mol. The van der Waals surface area contributed by atoms with Gasteiger partial charge in [-0.3, -0.25) is 9.59 Å². The summed E-state index contributed by atoms with van der Waals surface area (Å²) in [5, 5.41) is 8.61. The standard InChI is InChI=1S/C9H9F6NO3/c10-8(11,12)5-3-4(6(17)18)1-2-16(5)7(19)9(13,14)15/h4-5H,1-3H2,(H,17,18)/t4-,5+/m1/s1. The first-order valence-electron chi connectivity index (χ1n) is 5.12. The Labute approximate surface area is 103 Å². The van der Waals surface area contributed by atoms with Gasteiger partial charge in [-0.15, -0.1) is 0 Å². The van der Waals surface area contributed by atoms with E-state index in [1.54, 1.807) is 0 Å². The summed E-state index contributed by atoms with van der Waals surface area (Å²) < 4.78 is 74.4. The summed E-state index contributed by atoms with van der Waals surface area (Å²) in [6, 6.07) is -2.73. The topological polar surface area (TPSA) is 57.6 Å². The fraction of sp³-hybridized carbons (Fsp3) is 0.778. The maximum Gasteiger partial charge on any atom is 0.471 e. The Bertz CT molecular complexity index is 377. The number of carbonyl (C=O) groups is 2. The zero-order chi connectivity index (χ0) is 15.0. The van der Waals surface area contributed by atoms with E-state index in [4.69, 9.17) is 5.11 Å². The van der Waals surface area contributed by atoms with Crippen LogP contribution < -0.4 is 0 Å². The van der Waals surface area contributed by atoms with Crippen LogP contribution in [0.2, 0.25) is 0 Å². The van der Waals surface area contributed by atoms with Gasteiger partial charge in [0.2, 0.25) is 0 Å². The molecule has 1 aliphatic heterocycles. The Balaban J connectivity index is 2.99. The van der Waals surface area contributed by atoms with Crippen LogP contribution in [0.3, 0.4) is 0 Å². The number of carboxylic acid groups (broad SMARTS) is 1. The van der Waals surface area contributed by atoms with Crippen LogP contribution >= 0.6 is 0 Å². The number of aliphatic carboxylic acids is 1. The number of rotatable bonds is 1. The third-order valence-corrected chi connectivity index (χ3v) is 2.83. The van der Waals surface area contributed by atoms with Crippen molar-refractivity contribution >= 4 is 11.9 Å². The first-order valence-corrected chi connectivity index (χ1v) is 5.12. The average Bonchev–Trinajstić information content (AvgIpc) is 2.24. The second-order valence-electron chi connectivity index (χ2n) is 4.11. The highest BCUT2D eigenvalue weighted by molar-refractivity contribution is 5.82. The van der Waals surface area contributed by atoms with Crippen LogP contribution in [0.4, 0.5) is 26.3 Å². The molecule has 4 nitrogen and oxygen atoms in total. The first kappa shape index (κ1) is 15.6. The fourth-order valence-corrected chi connectivity index (χ4v) is 1.91. The number of amides is 1. The van der Waals surface area contributed by atoms with Crippen molar-refractivity contribution in [3.8, 4) is 0 Å². The molecule has 1 fully saturated rings. The summed E-state index contributed by atoms with van der Waals surface area (Å²) in [6.07, 6.45) is -12.0. The predicted molar refractivity (Wildman–Crippen MR) is 48.0 cm³/mol. The summed E-state index contributed by atoms with van der Waals surface area (Å²) in [5.74, 6) is -5.53. The van der Waals surface area contributed by atoms with Crippen molar-refractivity contribution < 1.29 is 41.0 Å². The Morgan fingerprint density at radius 3 is 2.00 bits per heavy atom. The Morgan fingerprint density at radius 1 is 1.11 bits per heavy atom. The molecule has 0 spiro atoms. The molecule has 110 valence electrons. The minimum atomic E-state index is -5.42. The molecule has 0 unspecified atom stereocenters. The average molecular weight is 293 g/mol. The Morgan fingerprint density at radius 2 is 1.63 bits per heavy atom. The molecule has 1 saturated heterocycles. The largest absolute Gasteiger partial charge is 0.481 e. The summed E-state index contributed by atoms with van der Waals surface area (Å²) in [6.45, 7) is -0.889. The van der Waals surface area contributed by atoms with E-state index in [-0.39, 0.29) is 4.90 Å². The molecule has 0 bridgehead atoms. The van der Waals surface area contributed by atoms with Crippen LogP contribution in [-0.4, -0.2) is 46.8 Å². The predicted octanol–water partition coefficient (Wildman–Crippen LogP) is 1.80. The number of hydrogen-bond acceptors (Lipinski definition) is 2. The van der Waals surface area contributed by atoms with Crippen LogP contribution in [0, 0.1) is 5.92 Å². The molecule has 1 N–H and O–H groups in total. The van der Waals surface area contributed by atoms with Crippen molar-refractivity contribution in [1.82, 2.24) is 4.90 Å². The lowest BCUT2D eigenvalue weighted by Crippen LogP contribution is -2.57. The van der Waals surface area contributed by atoms with Crippen LogP contribution in [0.25, 0.3) is 0 Å². The van der Waals surface area contributed by atoms with Gasteiger partial charge in [0.15, 0.2) is 0 Å². The van der Waals surface area contributed by atoms with Gasteiger partial charge in [0.25, 0.3) is 0 Å². The van der Waals surface area contributed by atoms with Gasteiger partial charge in [0.1, 0.15) is 6.04 Å². The molecule has 19 heavy (non-hydrogen) atoms. The quantitative estimate of drug-likeness (QED) is 0.750. The number of nitrogens with zero attached hydrogens (tertiary/aromatic N) is 1. The second kappa shape index (κ2) is 4.89. The second-order valence-corrected chi connectivity index (χ2v) is 4.11. The normalized spacial score (nSPS) is 25.3. The van der Waals surface area contributed by atoms with Crippen molar-refractivity contribution in [2.24, 2.45) is 5.92 Å². The number of likely N-dealkylation sites (tertiary alicyclic amines) is 1. The van der Waals surface area contributed by atoms with Crippen LogP contribution in [-0.2, 0) is 9.59 Å². The van der Waals surface area contributed by atoms with Crippen LogP contribution in [0.5, 0.6) is 0 Å². The molecule has 0 aromatic heterocycles. The highest BCUT2D eigenvalue weighted by Gasteiger charge is 2.54. The van der Waals surface area contributed by atoms with E-state index >= 15 is 0 Å². The maximum absolute atomic E-state index is 12.6. The molecule has 0 aromatic carbocycles. The molecule has 10 heteroatoms. The molecule has 0 aromatic rings. The zero-order valence-electron chi connectivity index (χ0n) is 9.25. The molecule has 0 aliphatic carbocycles. The Hall–Kier alpha value is -1.48. The van der Waals surface area contributed by atoms with Crippen molar-refractivity contribution in [2.75, 3.05) is 6.54 Å². The molecule has 1 amide bonds. The fourth-order valence-electron chi connectivity index (χ4n) is 1.91. The van der Waals surface area contributed by atoms with Crippen LogP contribution in [0.1, 0.15) is 12.8 Å². The molecular weight excluding hydrogens is 284 g/mol. The SMILES string of the molecule is O=C(O)[C@@H]1CCN(C(=O)C(F)(F)F)[C@H](C(F)(F)F)C1. The number of alkyl halides is 6. The van der Waals surface area contributed by atoms with Gasteiger partial charge in [-0.25, -0.2) is 0 Å². The number of hydrogen-bond donors (Lipinski definition) is 1. The summed E-state index contributed by atoms with van der Waals surface area (Å²) in [4.78, 5) is 21.2. The van der Waals surface area contributed by atoms with Gasteiger partial charge < -0.3 is 10.0 Å². The first-order chi connectivity index (χ1) is 8.44. The van der Waals surface area contributed by atoms with Gasteiger partial charge in [0, 0.05) is 6.54 Å². The van der Waals surface area contributed by atoms with Gasteiger partial charge in [-0.1, -0.05) is 0 Å². The summed E-state index contributed by atoms with van der Waals surface area (Å²) in [5.41, 5.74) is 0. The molecule has 1 heterocycles. The minimum Gasteiger partial charge on any atom is -0.481 e. The molecular formula is C9H9F6NO3. The lowest BCUT2D eigenvalue weighted by molar-refractivity contribution is -0.221. The van der Waals surface area contributed by atoms with E-state index in [0.29, 0.717) is 0 Å². The van der Waals surface area contributed by atoms with Crippen molar-refractivity contribution in [1.29, 1.82) is 0 Å². The van der Waals surface area contributed by atoms with Gasteiger partial charge in [-0.2, -0.15) is 26.3 Å². The zero-order valence-corrected chi connectivity index (χ0v) is 9.25. The molecule has 1 aliphatic rings. The van der Waals surface area contributed by atoms with E-state index in [9.17, 15) is 35.9 Å². The highest BCUT2D eigenvalue weighted by Crippen LogP contribution is 2.36. The number of piperidine rings is 1. The van der Waals surface area contributed by atoms with Crippen molar-refractivity contribution in [2.45, 2.75) is 31.2 Å². The van der Waals surface area contributed by atoms with E-state index in [1.165, 1.54) is 0 Å². The summed E-state index contributed by atoms with van der Waals surface area (Å²) >= 11 is 0. The van der Waals surface area contributed by atoms with E-state index < -0.39 is 55.6 Å². The number of carbonyl (C=O) groups excluding carboxylic acids is 1. The van der Waals surface area contributed by atoms with Crippen molar-refractivity contribution in [3.05, 3.63) is 0 Å². The van der Waals surface area contributed by atoms with Crippen LogP contribution in [0.15, 0.2) is 0 Å². The third kappa shape index (κ3) is 3.51. The van der Waals surface area contributed by atoms with E-state index in [2.05, 4.69) is 0 Å². The lowest BCUT2D eigenvalue weighted by Gasteiger charge is -2.39. The molecule has 0 saturated carbocycles. The number of carboxylic acids is 1. The maximum atomic E-state index is 12.6. The smallest absolute Gasteiger partial charge is 0.471 e. The highest BCUT2D eigenvalue weighted by atomic mass is 19.4. The van der Waals surface area contributed by atoms with Crippen molar-refractivity contribution in [3.63, 3.8) is 0 Å². The van der Waals surface area contributed by atoms with E-state index in [1.807, 2.05) is 0 Å². The number of halogens is 6. The lowest BCUT2D eigenvalue weighted by atomic mass is 9.90.